The monoisotopic (exact) mass is 243 g/mol. The van der Waals surface area contributed by atoms with E-state index < -0.39 is 0 Å². The zero-order valence-electron chi connectivity index (χ0n) is 10.1. The summed E-state index contributed by atoms with van der Waals surface area (Å²) in [5.41, 5.74) is 1.23. The lowest BCUT2D eigenvalue weighted by Crippen LogP contribution is -2.31. The summed E-state index contributed by atoms with van der Waals surface area (Å²) in [4.78, 5) is 0. The van der Waals surface area contributed by atoms with Gasteiger partial charge in [-0.2, -0.15) is 0 Å². The molecule has 0 atom stereocenters. The van der Waals surface area contributed by atoms with Crippen molar-refractivity contribution in [2.45, 2.75) is 27.2 Å². The maximum atomic E-state index is 13.0. The Labute approximate surface area is 102 Å². The molecule has 1 rings (SSSR count). The number of halogens is 2. The fraction of sp³-hybridized carbons (Fsp3) is 0.538. The smallest absolute Gasteiger partial charge is 0.141 e. The zero-order valence-corrected chi connectivity index (χ0v) is 10.9. The highest BCUT2D eigenvalue weighted by Crippen LogP contribution is 2.24. The standard InChI is InChI=1S/C13H19ClFN/c1-4-16-9-13(2,3)8-10-5-6-12(15)11(14)7-10/h5-7,16H,4,8-9H2,1-3H3. The Hall–Kier alpha value is -0.600. The molecule has 1 aromatic rings. The Morgan fingerprint density at radius 1 is 1.38 bits per heavy atom. The lowest BCUT2D eigenvalue weighted by Gasteiger charge is -2.25. The van der Waals surface area contributed by atoms with Gasteiger partial charge in [0.1, 0.15) is 5.82 Å². The predicted octanol–water partition coefficient (Wildman–Crippen LogP) is 3.66. The van der Waals surface area contributed by atoms with Crippen LogP contribution in [0.1, 0.15) is 26.3 Å². The van der Waals surface area contributed by atoms with Crippen molar-refractivity contribution in [1.82, 2.24) is 5.32 Å². The zero-order chi connectivity index (χ0) is 12.2. The summed E-state index contributed by atoms with van der Waals surface area (Å²) in [6.45, 7) is 8.37. The minimum Gasteiger partial charge on any atom is -0.316 e. The molecule has 0 unspecified atom stereocenters. The largest absolute Gasteiger partial charge is 0.316 e. The fourth-order valence-electron chi connectivity index (χ4n) is 1.73. The van der Waals surface area contributed by atoms with Gasteiger partial charge in [0.05, 0.1) is 5.02 Å². The summed E-state index contributed by atoms with van der Waals surface area (Å²) in [5, 5.41) is 3.53. The molecule has 0 bridgehead atoms. The number of rotatable bonds is 5. The van der Waals surface area contributed by atoms with Crippen LogP contribution < -0.4 is 5.32 Å². The minimum absolute atomic E-state index is 0.150. The van der Waals surface area contributed by atoms with Crippen LogP contribution in [0.25, 0.3) is 0 Å². The Bertz CT molecular complexity index is 350. The van der Waals surface area contributed by atoms with E-state index >= 15 is 0 Å². The molecule has 0 heterocycles. The SMILES string of the molecule is CCNCC(C)(C)Cc1ccc(F)c(Cl)c1. The van der Waals surface area contributed by atoms with Crippen molar-refractivity contribution in [3.63, 3.8) is 0 Å². The molecular formula is C13H19ClFN. The van der Waals surface area contributed by atoms with E-state index in [0.717, 1.165) is 25.1 Å². The van der Waals surface area contributed by atoms with Crippen LogP contribution in [0, 0.1) is 11.2 Å². The van der Waals surface area contributed by atoms with Gasteiger partial charge >= 0.3 is 0 Å². The van der Waals surface area contributed by atoms with Crippen LogP contribution in [0.4, 0.5) is 4.39 Å². The molecule has 0 saturated heterocycles. The molecule has 0 radical (unpaired) electrons. The normalized spacial score (nSPS) is 11.8. The topological polar surface area (TPSA) is 12.0 Å². The molecule has 3 heteroatoms. The lowest BCUT2D eigenvalue weighted by molar-refractivity contribution is 0.342. The average Bonchev–Trinajstić information content (AvgIpc) is 2.20. The second-order valence-electron chi connectivity index (χ2n) is 4.87. The summed E-state index contributed by atoms with van der Waals surface area (Å²) in [6, 6.07) is 4.94. The molecule has 0 aliphatic heterocycles. The highest BCUT2D eigenvalue weighted by molar-refractivity contribution is 6.30. The molecule has 0 aliphatic rings. The number of benzene rings is 1. The van der Waals surface area contributed by atoms with E-state index in [0.29, 0.717) is 0 Å². The highest BCUT2D eigenvalue weighted by Gasteiger charge is 2.18. The van der Waals surface area contributed by atoms with Crippen LogP contribution in [-0.2, 0) is 6.42 Å². The maximum Gasteiger partial charge on any atom is 0.141 e. The van der Waals surface area contributed by atoms with E-state index in [2.05, 4.69) is 26.1 Å². The molecule has 0 saturated carbocycles. The van der Waals surface area contributed by atoms with Crippen molar-refractivity contribution in [3.8, 4) is 0 Å². The van der Waals surface area contributed by atoms with E-state index in [1.807, 2.05) is 0 Å². The second-order valence-corrected chi connectivity index (χ2v) is 5.28. The quantitative estimate of drug-likeness (QED) is 0.832. The van der Waals surface area contributed by atoms with Crippen LogP contribution in [0.3, 0.4) is 0 Å². The van der Waals surface area contributed by atoms with Gasteiger partial charge < -0.3 is 5.32 Å². The third-order valence-electron chi connectivity index (χ3n) is 2.52. The van der Waals surface area contributed by atoms with E-state index in [4.69, 9.17) is 11.6 Å². The summed E-state index contributed by atoms with van der Waals surface area (Å²) in [6.07, 6.45) is 0.889. The van der Waals surface area contributed by atoms with Crippen LogP contribution in [0.2, 0.25) is 5.02 Å². The summed E-state index contributed by atoms with van der Waals surface area (Å²) >= 11 is 5.76. The first kappa shape index (κ1) is 13.5. The van der Waals surface area contributed by atoms with Crippen LogP contribution in [-0.4, -0.2) is 13.1 Å². The molecule has 1 nitrogen and oxygen atoms in total. The van der Waals surface area contributed by atoms with E-state index in [1.54, 1.807) is 12.1 Å². The average molecular weight is 244 g/mol. The van der Waals surface area contributed by atoms with Crippen molar-refractivity contribution in [3.05, 3.63) is 34.6 Å². The molecule has 1 aromatic carbocycles. The Morgan fingerprint density at radius 3 is 2.62 bits per heavy atom. The van der Waals surface area contributed by atoms with Gasteiger partial charge in [-0.3, -0.25) is 0 Å². The molecule has 0 aromatic heterocycles. The lowest BCUT2D eigenvalue weighted by atomic mass is 9.85. The first-order valence-electron chi connectivity index (χ1n) is 5.59. The van der Waals surface area contributed by atoms with Gasteiger partial charge in [0, 0.05) is 6.54 Å². The summed E-state index contributed by atoms with van der Waals surface area (Å²) in [7, 11) is 0. The van der Waals surface area contributed by atoms with Crippen LogP contribution in [0.5, 0.6) is 0 Å². The molecular weight excluding hydrogens is 225 g/mol. The van der Waals surface area contributed by atoms with Gasteiger partial charge in [0.2, 0.25) is 0 Å². The van der Waals surface area contributed by atoms with E-state index in [1.165, 1.54) is 6.07 Å². The van der Waals surface area contributed by atoms with Crippen molar-refractivity contribution in [1.29, 1.82) is 0 Å². The predicted molar refractivity (Wildman–Crippen MR) is 67.4 cm³/mol. The molecule has 90 valence electrons. The maximum absolute atomic E-state index is 13.0. The van der Waals surface area contributed by atoms with Crippen molar-refractivity contribution >= 4 is 11.6 Å². The highest BCUT2D eigenvalue weighted by atomic mass is 35.5. The van der Waals surface area contributed by atoms with Gasteiger partial charge in [-0.15, -0.1) is 0 Å². The van der Waals surface area contributed by atoms with Gasteiger partial charge in [0.15, 0.2) is 0 Å². The molecule has 0 aliphatic carbocycles. The molecule has 0 fully saturated rings. The van der Waals surface area contributed by atoms with Crippen molar-refractivity contribution in [2.75, 3.05) is 13.1 Å². The van der Waals surface area contributed by atoms with Gasteiger partial charge in [-0.05, 0) is 36.1 Å². The van der Waals surface area contributed by atoms with Crippen molar-refractivity contribution < 1.29 is 4.39 Å². The van der Waals surface area contributed by atoms with Gasteiger partial charge in [-0.1, -0.05) is 38.4 Å². The first-order valence-corrected chi connectivity index (χ1v) is 5.97. The molecule has 0 spiro atoms. The fourth-order valence-corrected chi connectivity index (χ4v) is 1.93. The second kappa shape index (κ2) is 5.65. The Morgan fingerprint density at radius 2 is 2.06 bits per heavy atom. The number of hydrogen-bond donors (Lipinski definition) is 1. The first-order chi connectivity index (χ1) is 7.44. The van der Waals surface area contributed by atoms with Crippen molar-refractivity contribution in [2.24, 2.45) is 5.41 Å². The van der Waals surface area contributed by atoms with E-state index in [9.17, 15) is 4.39 Å². The van der Waals surface area contributed by atoms with Crippen LogP contribution in [0.15, 0.2) is 18.2 Å². The molecule has 1 N–H and O–H groups in total. The van der Waals surface area contributed by atoms with Gasteiger partial charge in [0.25, 0.3) is 0 Å². The third-order valence-corrected chi connectivity index (χ3v) is 2.81. The Kier molecular flexibility index (Phi) is 4.75. The Balaban J connectivity index is 2.68. The van der Waals surface area contributed by atoms with Crippen LogP contribution >= 0.6 is 11.6 Å². The number of nitrogens with one attached hydrogen (secondary N) is 1. The summed E-state index contributed by atoms with van der Waals surface area (Å²) in [5.74, 6) is -0.352. The van der Waals surface area contributed by atoms with Gasteiger partial charge in [-0.25, -0.2) is 4.39 Å². The third kappa shape index (κ3) is 4.11. The molecule has 16 heavy (non-hydrogen) atoms. The number of hydrogen-bond acceptors (Lipinski definition) is 1. The van der Waals surface area contributed by atoms with E-state index in [-0.39, 0.29) is 16.3 Å². The minimum atomic E-state index is -0.352. The molecule has 0 amide bonds. The summed E-state index contributed by atoms with van der Waals surface area (Å²) < 4.78 is 13.0.